The second-order valence-electron chi connectivity index (χ2n) is 10.0. The van der Waals surface area contributed by atoms with E-state index in [1.54, 1.807) is 0 Å². The van der Waals surface area contributed by atoms with Gasteiger partial charge in [0.25, 0.3) is 0 Å². The van der Waals surface area contributed by atoms with Crippen LogP contribution in [-0.2, 0) is 18.9 Å². The van der Waals surface area contributed by atoms with E-state index in [0.29, 0.717) is 24.2 Å². The Labute approximate surface area is 184 Å². The molecule has 30 heavy (non-hydrogen) atoms. The highest BCUT2D eigenvalue weighted by molar-refractivity contribution is 4.94. The van der Waals surface area contributed by atoms with E-state index in [2.05, 4.69) is 44.4 Å². The van der Waals surface area contributed by atoms with Crippen LogP contribution in [0.25, 0.3) is 0 Å². The van der Waals surface area contributed by atoms with Gasteiger partial charge in [-0.1, -0.05) is 0 Å². The molecule has 0 saturated carbocycles. The second kappa shape index (κ2) is 11.6. The average molecular weight is 427 g/mol. The Morgan fingerprint density at radius 3 is 2.40 bits per heavy atom. The van der Waals surface area contributed by atoms with Crippen molar-refractivity contribution in [1.82, 2.24) is 9.80 Å². The molecule has 0 aromatic heterocycles. The van der Waals surface area contributed by atoms with E-state index in [-0.39, 0.29) is 24.4 Å². The molecule has 0 aromatic carbocycles. The van der Waals surface area contributed by atoms with Crippen LogP contribution in [-0.4, -0.2) is 98.4 Å². The van der Waals surface area contributed by atoms with E-state index in [4.69, 9.17) is 18.9 Å². The van der Waals surface area contributed by atoms with Crippen LogP contribution in [0.1, 0.15) is 66.7 Å². The summed E-state index contributed by atoms with van der Waals surface area (Å²) in [7, 11) is 1.84. The van der Waals surface area contributed by atoms with E-state index in [0.717, 1.165) is 39.1 Å². The minimum Gasteiger partial charge on any atom is -0.380 e. The van der Waals surface area contributed by atoms with Crippen LogP contribution in [0, 0.1) is 0 Å². The van der Waals surface area contributed by atoms with E-state index < -0.39 is 0 Å². The molecule has 3 aliphatic rings. The predicted octanol–water partition coefficient (Wildman–Crippen LogP) is 3.33. The summed E-state index contributed by atoms with van der Waals surface area (Å²) < 4.78 is 24.1. The van der Waals surface area contributed by atoms with Gasteiger partial charge in [0.2, 0.25) is 0 Å². The van der Waals surface area contributed by atoms with Gasteiger partial charge in [0.05, 0.1) is 37.1 Å². The minimum atomic E-state index is 0.216. The maximum absolute atomic E-state index is 6.53. The maximum Gasteiger partial charge on any atom is 0.0746 e. The topological polar surface area (TPSA) is 43.4 Å². The smallest absolute Gasteiger partial charge is 0.0746 e. The van der Waals surface area contributed by atoms with Crippen molar-refractivity contribution < 1.29 is 18.9 Å². The van der Waals surface area contributed by atoms with Crippen LogP contribution in [0.3, 0.4) is 0 Å². The Hall–Kier alpha value is -0.240. The molecule has 176 valence electrons. The normalized spacial score (nSPS) is 33.2. The highest BCUT2D eigenvalue weighted by Crippen LogP contribution is 2.31. The monoisotopic (exact) mass is 426 g/mol. The lowest BCUT2D eigenvalue weighted by Gasteiger charge is -2.37. The van der Waals surface area contributed by atoms with Crippen LogP contribution < -0.4 is 0 Å². The van der Waals surface area contributed by atoms with Gasteiger partial charge in [0, 0.05) is 44.9 Å². The number of ether oxygens (including phenoxy) is 4. The van der Waals surface area contributed by atoms with Crippen LogP contribution >= 0.6 is 0 Å². The molecule has 6 atom stereocenters. The first-order chi connectivity index (χ1) is 14.4. The fraction of sp³-hybridized carbons (Fsp3) is 1.00. The summed E-state index contributed by atoms with van der Waals surface area (Å²) >= 11 is 0. The SMILES string of the molecule is CO[C@@H]1C[C@@H]([C@H](C)OC(C)C)N(CC[C@H](OC(C)C)[C@@H]2CCCN2[C@@H]2CCOC2)C1. The number of hydrogen-bond acceptors (Lipinski definition) is 6. The molecule has 0 aliphatic carbocycles. The zero-order chi connectivity index (χ0) is 21.7. The number of methoxy groups -OCH3 is 1. The Kier molecular flexibility index (Phi) is 9.41. The molecule has 6 nitrogen and oxygen atoms in total. The molecule has 0 spiro atoms. The van der Waals surface area contributed by atoms with Crippen molar-refractivity contribution in [1.29, 1.82) is 0 Å². The number of likely N-dealkylation sites (tertiary alicyclic amines) is 2. The van der Waals surface area contributed by atoms with Gasteiger partial charge in [-0.05, 0) is 73.3 Å². The number of nitrogens with zero attached hydrogens (tertiary/aromatic N) is 2. The highest BCUT2D eigenvalue weighted by atomic mass is 16.5. The van der Waals surface area contributed by atoms with Gasteiger partial charge < -0.3 is 18.9 Å². The van der Waals surface area contributed by atoms with Gasteiger partial charge in [0.15, 0.2) is 0 Å². The summed E-state index contributed by atoms with van der Waals surface area (Å²) in [6, 6.07) is 1.51. The van der Waals surface area contributed by atoms with Gasteiger partial charge in [-0.15, -0.1) is 0 Å². The lowest BCUT2D eigenvalue weighted by Crippen LogP contribution is -2.48. The molecule has 0 bridgehead atoms. The van der Waals surface area contributed by atoms with Gasteiger partial charge in [-0.25, -0.2) is 0 Å². The molecule has 0 radical (unpaired) electrons. The van der Waals surface area contributed by atoms with Crippen molar-refractivity contribution >= 4 is 0 Å². The van der Waals surface area contributed by atoms with Crippen molar-refractivity contribution in [2.75, 3.05) is 40.0 Å². The zero-order valence-electron chi connectivity index (χ0n) is 20.2. The van der Waals surface area contributed by atoms with Crippen LogP contribution in [0.2, 0.25) is 0 Å². The molecular formula is C24H46N2O4. The first-order valence-corrected chi connectivity index (χ1v) is 12.3. The molecule has 0 N–H and O–H groups in total. The molecular weight excluding hydrogens is 380 g/mol. The molecule has 3 heterocycles. The van der Waals surface area contributed by atoms with Gasteiger partial charge in [-0.2, -0.15) is 0 Å². The van der Waals surface area contributed by atoms with E-state index in [9.17, 15) is 0 Å². The lowest BCUT2D eigenvalue weighted by atomic mass is 10.0. The fourth-order valence-corrected chi connectivity index (χ4v) is 5.77. The van der Waals surface area contributed by atoms with Crippen molar-refractivity contribution in [3.63, 3.8) is 0 Å². The van der Waals surface area contributed by atoms with Crippen molar-refractivity contribution in [3.8, 4) is 0 Å². The summed E-state index contributed by atoms with van der Waals surface area (Å²) in [5.74, 6) is 0. The Balaban J connectivity index is 1.63. The molecule has 6 heteroatoms. The lowest BCUT2D eigenvalue weighted by molar-refractivity contribution is -0.0584. The van der Waals surface area contributed by atoms with Crippen LogP contribution in [0.15, 0.2) is 0 Å². The second-order valence-corrected chi connectivity index (χ2v) is 10.0. The molecule has 0 aromatic rings. The fourth-order valence-electron chi connectivity index (χ4n) is 5.77. The largest absolute Gasteiger partial charge is 0.380 e. The number of hydrogen-bond donors (Lipinski definition) is 0. The highest BCUT2D eigenvalue weighted by Gasteiger charge is 2.40. The summed E-state index contributed by atoms with van der Waals surface area (Å²) in [5.41, 5.74) is 0. The van der Waals surface area contributed by atoms with E-state index in [1.165, 1.54) is 25.8 Å². The predicted molar refractivity (Wildman–Crippen MR) is 120 cm³/mol. The van der Waals surface area contributed by atoms with Gasteiger partial charge in [0.1, 0.15) is 0 Å². The van der Waals surface area contributed by atoms with Crippen LogP contribution in [0.5, 0.6) is 0 Å². The summed E-state index contributed by atoms with van der Waals surface area (Å²) in [6.07, 6.45) is 7.09. The number of rotatable bonds is 11. The van der Waals surface area contributed by atoms with Gasteiger partial charge in [-0.3, -0.25) is 9.80 Å². The zero-order valence-corrected chi connectivity index (χ0v) is 20.2. The van der Waals surface area contributed by atoms with E-state index in [1.807, 2.05) is 7.11 Å². The third kappa shape index (κ3) is 6.39. The molecule has 3 rings (SSSR count). The molecule has 3 fully saturated rings. The van der Waals surface area contributed by atoms with Gasteiger partial charge >= 0.3 is 0 Å². The Morgan fingerprint density at radius 1 is 1.00 bits per heavy atom. The van der Waals surface area contributed by atoms with Crippen molar-refractivity contribution in [2.24, 2.45) is 0 Å². The first kappa shape index (κ1) is 24.4. The first-order valence-electron chi connectivity index (χ1n) is 12.3. The summed E-state index contributed by atoms with van der Waals surface area (Å²) in [4.78, 5) is 5.29. The van der Waals surface area contributed by atoms with Crippen molar-refractivity contribution in [3.05, 3.63) is 0 Å². The van der Waals surface area contributed by atoms with Crippen LogP contribution in [0.4, 0.5) is 0 Å². The molecule has 3 saturated heterocycles. The molecule has 0 amide bonds. The Morgan fingerprint density at radius 2 is 1.77 bits per heavy atom. The quantitative estimate of drug-likeness (QED) is 0.505. The third-order valence-corrected chi connectivity index (χ3v) is 7.07. The summed E-state index contributed by atoms with van der Waals surface area (Å²) in [5, 5.41) is 0. The molecule has 0 unspecified atom stereocenters. The molecule has 3 aliphatic heterocycles. The average Bonchev–Trinajstić information content (AvgIpc) is 3.44. The summed E-state index contributed by atoms with van der Waals surface area (Å²) in [6.45, 7) is 15.8. The third-order valence-electron chi connectivity index (χ3n) is 7.07. The maximum atomic E-state index is 6.53. The Bertz CT molecular complexity index is 498. The van der Waals surface area contributed by atoms with Crippen molar-refractivity contribution in [2.45, 2.75) is 115 Å². The minimum absolute atomic E-state index is 0.216. The standard InChI is InChI=1S/C24H46N2O4/c1-17(2)29-19(5)23-14-21(27-6)15-25(23)12-9-24(30-18(3)4)22-8-7-11-26(22)20-10-13-28-16-20/h17-24H,7-16H2,1-6H3/t19-,20+,21+,22-,23-,24-/m0/s1. The van der Waals surface area contributed by atoms with E-state index >= 15 is 0 Å².